The van der Waals surface area contributed by atoms with Gasteiger partial charge in [0.25, 0.3) is 5.76 Å². The van der Waals surface area contributed by atoms with Gasteiger partial charge in [-0.1, -0.05) is 6.07 Å². The molecule has 0 amide bonds. The van der Waals surface area contributed by atoms with E-state index in [-0.39, 0.29) is 16.9 Å². The Balaban J connectivity index is 1.59. The molecule has 0 aliphatic heterocycles. The smallest absolute Gasteiger partial charge is 0.453 e. The first kappa shape index (κ1) is 25.6. The van der Waals surface area contributed by atoms with Crippen LogP contribution in [0.15, 0.2) is 69.9 Å². The average molecular weight is 514 g/mol. The summed E-state index contributed by atoms with van der Waals surface area (Å²) in [6.45, 7) is 3.32. The maximum atomic E-state index is 13.8. The Kier molecular flexibility index (Phi) is 7.10. The number of methoxy groups -OCH3 is 1. The highest BCUT2D eigenvalue weighted by Gasteiger charge is 2.40. The number of alkyl halides is 3. The van der Waals surface area contributed by atoms with Crippen molar-refractivity contribution in [3.63, 3.8) is 0 Å². The van der Waals surface area contributed by atoms with E-state index >= 15 is 0 Å². The Morgan fingerprint density at radius 3 is 2.11 bits per heavy atom. The first-order valence-corrected chi connectivity index (χ1v) is 11.0. The van der Waals surface area contributed by atoms with Crippen LogP contribution in [0.25, 0.3) is 11.0 Å². The van der Waals surface area contributed by atoms with Gasteiger partial charge in [0.1, 0.15) is 28.6 Å². The summed E-state index contributed by atoms with van der Waals surface area (Å²) in [5.74, 6) is -2.65. The number of hydrogen-bond donors (Lipinski definition) is 0. The summed E-state index contributed by atoms with van der Waals surface area (Å²) in [7, 11) is 1.43. The maximum Gasteiger partial charge on any atom is 0.453 e. The second-order valence-corrected chi connectivity index (χ2v) is 8.11. The molecule has 4 aromatic rings. The molecule has 4 rings (SSSR count). The van der Waals surface area contributed by atoms with Crippen LogP contribution in [-0.2, 0) is 11.0 Å². The van der Waals surface area contributed by atoms with Crippen molar-refractivity contribution in [2.75, 3.05) is 13.7 Å². The van der Waals surface area contributed by atoms with E-state index in [0.717, 1.165) is 17.2 Å². The van der Waals surface area contributed by atoms with Gasteiger partial charge in [-0.15, -0.1) is 0 Å². The van der Waals surface area contributed by atoms with E-state index in [0.29, 0.717) is 11.5 Å². The summed E-state index contributed by atoms with van der Waals surface area (Å²) in [5, 5.41) is -0.192. The molecule has 0 unspecified atom stereocenters. The third kappa shape index (κ3) is 6.03. The molecular formula is C27H21F3O7. The van der Waals surface area contributed by atoms with Crippen LogP contribution in [0.1, 0.15) is 16.9 Å². The first-order valence-electron chi connectivity index (χ1n) is 11.0. The first-order chi connectivity index (χ1) is 17.5. The lowest BCUT2D eigenvalue weighted by molar-refractivity contribution is -0.154. The van der Waals surface area contributed by atoms with Gasteiger partial charge in [-0.25, -0.2) is 4.79 Å². The molecule has 0 bridgehead atoms. The van der Waals surface area contributed by atoms with E-state index in [9.17, 15) is 22.8 Å². The minimum absolute atomic E-state index is 0.0210. The van der Waals surface area contributed by atoms with E-state index in [2.05, 4.69) is 0 Å². The summed E-state index contributed by atoms with van der Waals surface area (Å²) in [5.41, 5.74) is 0.424. The molecule has 0 aliphatic carbocycles. The van der Waals surface area contributed by atoms with Gasteiger partial charge in [0.15, 0.2) is 6.61 Å². The zero-order chi connectivity index (χ0) is 26.7. The van der Waals surface area contributed by atoms with Crippen LogP contribution >= 0.6 is 0 Å². The van der Waals surface area contributed by atoms with Gasteiger partial charge in [-0.3, -0.25) is 4.79 Å². The topological polar surface area (TPSA) is 84.2 Å². The zero-order valence-electron chi connectivity index (χ0n) is 20.0. The molecule has 0 spiro atoms. The standard InChI is InChI=1S/C27H21F3O7/c1-15-10-16(2)12-20(11-15)34-14-23(31)35-19-8-9-21-22(13-19)37-26(27(28,29)30)25(24(21)32)36-18-6-4-17(33-3)5-7-18/h4-13H,14H2,1-3H3. The van der Waals surface area contributed by atoms with Crippen LogP contribution < -0.4 is 24.4 Å². The van der Waals surface area contributed by atoms with Gasteiger partial charge in [-0.2, -0.15) is 13.2 Å². The predicted octanol–water partition coefficient (Wildman–Crippen LogP) is 6.21. The van der Waals surface area contributed by atoms with Crippen molar-refractivity contribution in [3.05, 3.63) is 87.8 Å². The number of benzene rings is 3. The minimum Gasteiger partial charge on any atom is -0.497 e. The Morgan fingerprint density at radius 2 is 1.49 bits per heavy atom. The molecule has 0 aliphatic rings. The van der Waals surface area contributed by atoms with Crippen molar-refractivity contribution >= 4 is 16.9 Å². The number of halogens is 3. The molecule has 0 atom stereocenters. The van der Waals surface area contributed by atoms with Crippen molar-refractivity contribution < 1.29 is 41.3 Å². The van der Waals surface area contributed by atoms with Crippen molar-refractivity contribution in [3.8, 4) is 28.7 Å². The molecule has 37 heavy (non-hydrogen) atoms. The molecule has 0 fully saturated rings. The molecular weight excluding hydrogens is 493 g/mol. The van der Waals surface area contributed by atoms with Gasteiger partial charge in [-0.05, 0) is 73.5 Å². The fourth-order valence-corrected chi connectivity index (χ4v) is 3.58. The number of carbonyl (C=O) groups is 1. The lowest BCUT2D eigenvalue weighted by Crippen LogP contribution is -2.18. The van der Waals surface area contributed by atoms with Crippen LogP contribution in [0.2, 0.25) is 0 Å². The monoisotopic (exact) mass is 514 g/mol. The highest BCUT2D eigenvalue weighted by molar-refractivity contribution is 5.81. The molecule has 3 aromatic carbocycles. The Hall–Kier alpha value is -4.47. The number of ether oxygens (including phenoxy) is 4. The molecule has 0 radical (unpaired) electrons. The lowest BCUT2D eigenvalue weighted by atomic mass is 10.1. The summed E-state index contributed by atoms with van der Waals surface area (Å²) < 4.78 is 67.2. The molecule has 1 aromatic heterocycles. The molecule has 192 valence electrons. The number of hydrogen-bond acceptors (Lipinski definition) is 7. The van der Waals surface area contributed by atoms with Crippen LogP contribution in [0.5, 0.6) is 28.7 Å². The Labute approximate surface area is 208 Å². The van der Waals surface area contributed by atoms with E-state index in [4.69, 9.17) is 23.4 Å². The van der Waals surface area contributed by atoms with E-state index < -0.39 is 41.3 Å². The van der Waals surface area contributed by atoms with Crippen LogP contribution in [-0.4, -0.2) is 19.7 Å². The largest absolute Gasteiger partial charge is 0.497 e. The molecule has 0 saturated carbocycles. The summed E-state index contributed by atoms with van der Waals surface area (Å²) in [6, 6.07) is 14.6. The van der Waals surface area contributed by atoms with Crippen molar-refractivity contribution in [1.82, 2.24) is 0 Å². The number of carbonyl (C=O) groups excluding carboxylic acids is 1. The normalized spacial score (nSPS) is 11.3. The van der Waals surface area contributed by atoms with Gasteiger partial charge >= 0.3 is 12.1 Å². The van der Waals surface area contributed by atoms with E-state index in [1.807, 2.05) is 19.9 Å². The van der Waals surface area contributed by atoms with Crippen molar-refractivity contribution in [1.29, 1.82) is 0 Å². The summed E-state index contributed by atoms with van der Waals surface area (Å²) in [4.78, 5) is 25.2. The molecule has 10 heteroatoms. The quantitative estimate of drug-likeness (QED) is 0.214. The molecule has 0 N–H and O–H groups in total. The Bertz CT molecular complexity index is 1490. The van der Waals surface area contributed by atoms with Gasteiger partial charge in [0.2, 0.25) is 11.2 Å². The molecule has 0 saturated heterocycles. The average Bonchev–Trinajstić information content (AvgIpc) is 2.83. The number of esters is 1. The van der Waals surface area contributed by atoms with Gasteiger partial charge in [0, 0.05) is 6.07 Å². The third-order valence-electron chi connectivity index (χ3n) is 5.14. The van der Waals surface area contributed by atoms with Gasteiger partial charge in [0.05, 0.1) is 12.5 Å². The maximum absolute atomic E-state index is 13.8. The number of fused-ring (bicyclic) bond motifs is 1. The summed E-state index contributed by atoms with van der Waals surface area (Å²) in [6.07, 6.45) is -5.04. The molecule has 7 nitrogen and oxygen atoms in total. The van der Waals surface area contributed by atoms with Crippen molar-refractivity contribution in [2.45, 2.75) is 20.0 Å². The number of rotatable bonds is 7. The second kappa shape index (κ2) is 10.3. The van der Waals surface area contributed by atoms with E-state index in [1.165, 1.54) is 43.5 Å². The fraction of sp³-hybridized carbons (Fsp3) is 0.185. The SMILES string of the molecule is COc1ccc(Oc2c(C(F)(F)F)oc3cc(OC(=O)COc4cc(C)cc(C)c4)ccc3c2=O)cc1. The van der Waals surface area contributed by atoms with Crippen LogP contribution in [0.4, 0.5) is 13.2 Å². The lowest BCUT2D eigenvalue weighted by Gasteiger charge is -2.14. The fourth-order valence-electron chi connectivity index (χ4n) is 3.58. The minimum atomic E-state index is -5.04. The predicted molar refractivity (Wildman–Crippen MR) is 128 cm³/mol. The van der Waals surface area contributed by atoms with Crippen molar-refractivity contribution in [2.24, 2.45) is 0 Å². The number of aryl methyl sites for hydroxylation is 2. The molecule has 1 heterocycles. The zero-order valence-corrected chi connectivity index (χ0v) is 20.0. The second-order valence-electron chi connectivity index (χ2n) is 8.11. The van der Waals surface area contributed by atoms with Gasteiger partial charge < -0.3 is 23.4 Å². The van der Waals surface area contributed by atoms with Crippen LogP contribution in [0.3, 0.4) is 0 Å². The Morgan fingerprint density at radius 1 is 0.865 bits per heavy atom. The highest BCUT2D eigenvalue weighted by Crippen LogP contribution is 2.39. The summed E-state index contributed by atoms with van der Waals surface area (Å²) >= 11 is 0. The van der Waals surface area contributed by atoms with E-state index in [1.54, 1.807) is 12.1 Å². The highest BCUT2D eigenvalue weighted by atomic mass is 19.4. The third-order valence-corrected chi connectivity index (χ3v) is 5.14. The van der Waals surface area contributed by atoms with Crippen LogP contribution in [0, 0.1) is 13.8 Å².